The van der Waals surface area contributed by atoms with Crippen molar-refractivity contribution in [1.29, 1.82) is 0 Å². The lowest BCUT2D eigenvalue weighted by atomic mass is 9.84. The summed E-state index contributed by atoms with van der Waals surface area (Å²) in [6.45, 7) is 2.19. The Morgan fingerprint density at radius 1 is 0.821 bits per heavy atom. The van der Waals surface area contributed by atoms with Crippen molar-refractivity contribution in [3.8, 4) is 11.5 Å². The normalized spacial score (nSPS) is 14.4. The summed E-state index contributed by atoms with van der Waals surface area (Å²) < 4.78 is 0. The molecule has 0 atom stereocenters. The van der Waals surface area contributed by atoms with Gasteiger partial charge in [-0.15, -0.1) is 0 Å². The van der Waals surface area contributed by atoms with E-state index >= 15 is 0 Å². The fourth-order valence-electron chi connectivity index (χ4n) is 3.76. The van der Waals surface area contributed by atoms with Crippen molar-refractivity contribution in [2.24, 2.45) is 0 Å². The van der Waals surface area contributed by atoms with Gasteiger partial charge in [0.1, 0.15) is 11.5 Å². The molecule has 1 fully saturated rings. The lowest BCUT2D eigenvalue weighted by molar-refractivity contribution is 0.414. The average molecular weight is 423 g/mol. The number of rotatable bonds is 6. The summed E-state index contributed by atoms with van der Waals surface area (Å²) in [5, 5.41) is 20.7. The number of hydrogen-bond acceptors (Lipinski definition) is 2. The Labute approximate surface area is 179 Å². The third-order valence-corrected chi connectivity index (χ3v) is 5.85. The zero-order valence-corrected chi connectivity index (χ0v) is 18.3. The predicted octanol–water partition coefficient (Wildman–Crippen LogP) is 8.26. The van der Waals surface area contributed by atoms with Crippen molar-refractivity contribution in [2.45, 2.75) is 77.0 Å². The monoisotopic (exact) mass is 422 g/mol. The third-order valence-electron chi connectivity index (χ3n) is 5.38. The number of aromatic hydroxyl groups is 2. The van der Waals surface area contributed by atoms with E-state index in [0.29, 0.717) is 22.4 Å². The first kappa shape index (κ1) is 22.9. The second-order valence-corrected chi connectivity index (χ2v) is 8.49. The zero-order valence-electron chi connectivity index (χ0n) is 16.8. The quantitative estimate of drug-likeness (QED) is 0.459. The molecule has 0 saturated heterocycles. The summed E-state index contributed by atoms with van der Waals surface area (Å²) in [4.78, 5) is 0. The minimum Gasteiger partial charge on any atom is -0.508 e. The van der Waals surface area contributed by atoms with Gasteiger partial charge in [0.15, 0.2) is 0 Å². The molecule has 1 saturated carbocycles. The molecule has 0 aromatic heterocycles. The molecule has 2 aromatic rings. The maximum absolute atomic E-state index is 9.73. The molecule has 4 heteroatoms. The Hall–Kier alpha value is -1.38. The molecule has 154 valence electrons. The van der Waals surface area contributed by atoms with Gasteiger partial charge in [0.25, 0.3) is 0 Å². The van der Waals surface area contributed by atoms with Gasteiger partial charge in [-0.2, -0.15) is 0 Å². The average Bonchev–Trinajstić information content (AvgIpc) is 2.71. The SMILES string of the molecule is CCCCCCc1cc(Cl)ccc1O.Oc1ccc(Cl)cc1C1CCCCC1. The van der Waals surface area contributed by atoms with Crippen molar-refractivity contribution >= 4 is 23.2 Å². The van der Waals surface area contributed by atoms with Gasteiger partial charge in [-0.05, 0) is 79.1 Å². The number of hydrogen-bond donors (Lipinski definition) is 2. The van der Waals surface area contributed by atoms with E-state index in [-0.39, 0.29) is 0 Å². The summed E-state index contributed by atoms with van der Waals surface area (Å²) >= 11 is 11.8. The van der Waals surface area contributed by atoms with E-state index in [0.717, 1.165) is 29.0 Å². The molecule has 1 aliphatic rings. The number of halogens is 2. The summed E-state index contributed by atoms with van der Waals surface area (Å²) in [6, 6.07) is 10.6. The third kappa shape index (κ3) is 7.56. The summed E-state index contributed by atoms with van der Waals surface area (Å²) in [5.41, 5.74) is 2.01. The van der Waals surface area contributed by atoms with Crippen LogP contribution in [-0.2, 0) is 6.42 Å². The van der Waals surface area contributed by atoms with Gasteiger partial charge < -0.3 is 10.2 Å². The molecular formula is C24H32Cl2O2. The molecule has 0 bridgehead atoms. The highest BCUT2D eigenvalue weighted by molar-refractivity contribution is 6.31. The first-order valence-electron chi connectivity index (χ1n) is 10.5. The van der Waals surface area contributed by atoms with Crippen molar-refractivity contribution in [3.05, 3.63) is 57.6 Å². The molecule has 0 unspecified atom stereocenters. The summed E-state index contributed by atoms with van der Waals surface area (Å²) in [6.07, 6.45) is 12.0. The van der Waals surface area contributed by atoms with Crippen molar-refractivity contribution in [2.75, 3.05) is 0 Å². The second kappa shape index (κ2) is 12.2. The van der Waals surface area contributed by atoms with Crippen molar-refractivity contribution < 1.29 is 10.2 Å². The first-order valence-corrected chi connectivity index (χ1v) is 11.2. The Morgan fingerprint density at radius 3 is 2.14 bits per heavy atom. The van der Waals surface area contributed by atoms with Gasteiger partial charge in [-0.25, -0.2) is 0 Å². The minimum atomic E-state index is 0.367. The standard InChI is InChI=1S/C12H15ClO.C12H17ClO/c13-10-6-7-12(14)11(8-10)9-4-2-1-3-5-9;1-2-3-4-5-6-10-9-11(13)7-8-12(10)14/h6-9,14H,1-5H2;7-9,14H,2-6H2,1H3. The van der Waals surface area contributed by atoms with E-state index in [1.54, 1.807) is 24.3 Å². The van der Waals surface area contributed by atoms with Crippen LogP contribution < -0.4 is 0 Å². The van der Waals surface area contributed by atoms with Crippen LogP contribution in [0.25, 0.3) is 0 Å². The lowest BCUT2D eigenvalue weighted by Crippen LogP contribution is -2.04. The minimum absolute atomic E-state index is 0.367. The van der Waals surface area contributed by atoms with Gasteiger partial charge in [0.05, 0.1) is 0 Å². The molecule has 0 aliphatic heterocycles. The first-order chi connectivity index (χ1) is 13.5. The van der Waals surface area contributed by atoms with E-state index in [2.05, 4.69) is 6.92 Å². The lowest BCUT2D eigenvalue weighted by Gasteiger charge is -2.22. The van der Waals surface area contributed by atoms with Gasteiger partial charge in [0, 0.05) is 10.0 Å². The Morgan fingerprint density at radius 2 is 1.46 bits per heavy atom. The fraction of sp³-hybridized carbons (Fsp3) is 0.500. The van der Waals surface area contributed by atoms with E-state index in [1.165, 1.54) is 51.4 Å². The van der Waals surface area contributed by atoms with Crippen LogP contribution >= 0.6 is 23.2 Å². The molecular weight excluding hydrogens is 391 g/mol. The molecule has 2 N–H and O–H groups in total. The smallest absolute Gasteiger partial charge is 0.119 e. The highest BCUT2D eigenvalue weighted by atomic mass is 35.5. The van der Waals surface area contributed by atoms with Crippen LogP contribution in [0.3, 0.4) is 0 Å². The van der Waals surface area contributed by atoms with Crippen LogP contribution in [0.2, 0.25) is 10.0 Å². The molecule has 0 heterocycles. The number of phenols is 2. The highest BCUT2D eigenvalue weighted by Crippen LogP contribution is 2.38. The molecule has 0 radical (unpaired) electrons. The summed E-state index contributed by atoms with van der Waals surface area (Å²) in [7, 11) is 0. The predicted molar refractivity (Wildman–Crippen MR) is 120 cm³/mol. The van der Waals surface area contributed by atoms with Crippen LogP contribution in [0.15, 0.2) is 36.4 Å². The topological polar surface area (TPSA) is 40.5 Å². The van der Waals surface area contributed by atoms with Crippen LogP contribution in [0, 0.1) is 0 Å². The molecule has 2 nitrogen and oxygen atoms in total. The van der Waals surface area contributed by atoms with E-state index in [4.69, 9.17) is 23.2 Å². The van der Waals surface area contributed by atoms with Crippen LogP contribution in [-0.4, -0.2) is 10.2 Å². The van der Waals surface area contributed by atoms with Gasteiger partial charge in [-0.1, -0.05) is 68.7 Å². The van der Waals surface area contributed by atoms with Gasteiger partial charge >= 0.3 is 0 Å². The molecule has 1 aliphatic carbocycles. The maximum Gasteiger partial charge on any atom is 0.119 e. The molecule has 28 heavy (non-hydrogen) atoms. The van der Waals surface area contributed by atoms with Crippen LogP contribution in [0.4, 0.5) is 0 Å². The van der Waals surface area contributed by atoms with E-state index in [9.17, 15) is 10.2 Å². The zero-order chi connectivity index (χ0) is 20.4. The maximum atomic E-state index is 9.73. The fourth-order valence-corrected chi connectivity index (χ4v) is 4.14. The Kier molecular flexibility index (Phi) is 10.0. The number of benzene rings is 2. The Bertz CT molecular complexity index is 725. The van der Waals surface area contributed by atoms with Gasteiger partial charge in [0.2, 0.25) is 0 Å². The molecule has 3 rings (SSSR count). The van der Waals surface area contributed by atoms with Crippen molar-refractivity contribution in [3.63, 3.8) is 0 Å². The summed E-state index contributed by atoms with van der Waals surface area (Å²) in [5.74, 6) is 1.29. The Balaban J connectivity index is 0.000000200. The van der Waals surface area contributed by atoms with Crippen LogP contribution in [0.5, 0.6) is 11.5 Å². The highest BCUT2D eigenvalue weighted by Gasteiger charge is 2.18. The van der Waals surface area contributed by atoms with E-state index < -0.39 is 0 Å². The van der Waals surface area contributed by atoms with E-state index in [1.807, 2.05) is 12.1 Å². The van der Waals surface area contributed by atoms with Gasteiger partial charge in [-0.3, -0.25) is 0 Å². The number of phenolic OH excluding ortho intramolecular Hbond substituents is 2. The largest absolute Gasteiger partial charge is 0.508 e. The molecule has 2 aromatic carbocycles. The van der Waals surface area contributed by atoms with Crippen LogP contribution in [0.1, 0.15) is 81.8 Å². The number of unbranched alkanes of at least 4 members (excludes halogenated alkanes) is 3. The van der Waals surface area contributed by atoms with Crippen molar-refractivity contribution in [1.82, 2.24) is 0 Å². The molecule has 0 amide bonds. The number of aryl methyl sites for hydroxylation is 1. The molecule has 0 spiro atoms. The second-order valence-electron chi connectivity index (χ2n) is 7.62.